The zero-order chi connectivity index (χ0) is 13.9. The Morgan fingerprint density at radius 1 is 1.05 bits per heavy atom. The molecule has 1 heterocycles. The van der Waals surface area contributed by atoms with Crippen molar-refractivity contribution in [1.82, 2.24) is 9.97 Å². The van der Waals surface area contributed by atoms with Crippen LogP contribution in [-0.4, -0.2) is 9.97 Å². The highest BCUT2D eigenvalue weighted by atomic mass is 35.5. The van der Waals surface area contributed by atoms with Gasteiger partial charge in [0.1, 0.15) is 5.82 Å². The van der Waals surface area contributed by atoms with Gasteiger partial charge in [-0.1, -0.05) is 12.1 Å². The average Bonchev–Trinajstić information content (AvgIpc) is 2.39. The highest BCUT2D eigenvalue weighted by Crippen LogP contribution is 2.30. The molecule has 0 aliphatic carbocycles. The van der Waals surface area contributed by atoms with Gasteiger partial charge in [-0.3, -0.25) is 0 Å². The summed E-state index contributed by atoms with van der Waals surface area (Å²) in [5.41, 5.74) is 0.0405. The summed E-state index contributed by atoms with van der Waals surface area (Å²) >= 11 is 6.12. The molecule has 0 spiro atoms. The van der Waals surface area contributed by atoms with Crippen LogP contribution < -0.4 is 0 Å². The summed E-state index contributed by atoms with van der Waals surface area (Å²) in [6.07, 6.45) is -0.792. The van der Waals surface area contributed by atoms with E-state index in [1.807, 2.05) is 0 Å². The van der Waals surface area contributed by atoms with Crippen molar-refractivity contribution in [2.75, 3.05) is 0 Å². The van der Waals surface area contributed by atoms with Gasteiger partial charge in [0.05, 0.1) is 10.9 Å². The first-order chi connectivity index (χ1) is 8.97. The molecule has 1 aromatic carbocycles. The molecule has 0 saturated heterocycles. The van der Waals surface area contributed by atoms with E-state index >= 15 is 0 Å². The topological polar surface area (TPSA) is 25.8 Å². The van der Waals surface area contributed by atoms with Crippen LogP contribution in [0.25, 0.3) is 0 Å². The minimum atomic E-state index is -4.32. The maximum Gasteiger partial charge on any atom is 0.416 e. The lowest BCUT2D eigenvalue weighted by Crippen LogP contribution is -2.05. The molecule has 1 unspecified atom stereocenters. The lowest BCUT2D eigenvalue weighted by molar-refractivity contribution is -0.137. The standard InChI is InChI=1S/C13H10ClF3N2/c14-11(12-18-6-1-7-19-12)8-9-2-4-10(5-3-9)13(15,16)17/h1-7,11H,8H2. The molecule has 1 atom stereocenters. The van der Waals surface area contributed by atoms with Crippen molar-refractivity contribution in [3.8, 4) is 0 Å². The largest absolute Gasteiger partial charge is 0.416 e. The third-order valence-electron chi connectivity index (χ3n) is 2.56. The molecule has 0 fully saturated rings. The Morgan fingerprint density at radius 3 is 2.16 bits per heavy atom. The quantitative estimate of drug-likeness (QED) is 0.797. The fourth-order valence-corrected chi connectivity index (χ4v) is 1.89. The van der Waals surface area contributed by atoms with Gasteiger partial charge in [0.15, 0.2) is 0 Å². The van der Waals surface area contributed by atoms with Crippen molar-refractivity contribution in [3.05, 3.63) is 59.7 Å². The van der Waals surface area contributed by atoms with Gasteiger partial charge in [0.2, 0.25) is 0 Å². The minimum Gasteiger partial charge on any atom is -0.240 e. The molecule has 2 rings (SSSR count). The molecule has 0 saturated carbocycles. The maximum absolute atomic E-state index is 12.4. The Bertz CT molecular complexity index is 526. The van der Waals surface area contributed by atoms with Gasteiger partial charge in [-0.2, -0.15) is 13.2 Å². The highest BCUT2D eigenvalue weighted by molar-refractivity contribution is 6.20. The van der Waals surface area contributed by atoms with E-state index in [1.165, 1.54) is 12.1 Å². The molecule has 19 heavy (non-hydrogen) atoms. The van der Waals surface area contributed by atoms with Crippen LogP contribution in [0.4, 0.5) is 13.2 Å². The molecular formula is C13H10ClF3N2. The molecule has 2 aromatic rings. The van der Waals surface area contributed by atoms with Gasteiger partial charge in [0.25, 0.3) is 0 Å². The van der Waals surface area contributed by atoms with E-state index in [9.17, 15) is 13.2 Å². The fraction of sp³-hybridized carbons (Fsp3) is 0.231. The molecular weight excluding hydrogens is 277 g/mol. The number of rotatable bonds is 3. The molecule has 0 aliphatic rings. The molecule has 1 aromatic heterocycles. The van der Waals surface area contributed by atoms with Crippen LogP contribution in [0.2, 0.25) is 0 Å². The van der Waals surface area contributed by atoms with Crippen molar-refractivity contribution in [3.63, 3.8) is 0 Å². The van der Waals surface area contributed by atoms with Gasteiger partial charge < -0.3 is 0 Å². The third kappa shape index (κ3) is 3.67. The van der Waals surface area contributed by atoms with Crippen LogP contribution in [0.5, 0.6) is 0 Å². The number of hydrogen-bond donors (Lipinski definition) is 0. The molecule has 0 N–H and O–H groups in total. The van der Waals surface area contributed by atoms with Gasteiger partial charge in [-0.05, 0) is 30.2 Å². The molecule has 0 radical (unpaired) electrons. The normalized spacial score (nSPS) is 13.3. The number of hydrogen-bond acceptors (Lipinski definition) is 2. The number of alkyl halides is 4. The monoisotopic (exact) mass is 286 g/mol. The molecule has 6 heteroatoms. The SMILES string of the molecule is FC(F)(F)c1ccc(CC(Cl)c2ncccn2)cc1. The van der Waals surface area contributed by atoms with E-state index < -0.39 is 17.1 Å². The smallest absolute Gasteiger partial charge is 0.240 e. The summed E-state index contributed by atoms with van der Waals surface area (Å²) in [5.74, 6) is 0.462. The maximum atomic E-state index is 12.4. The number of halogens is 4. The van der Waals surface area contributed by atoms with Crippen LogP contribution in [-0.2, 0) is 12.6 Å². The number of benzene rings is 1. The summed E-state index contributed by atoms with van der Waals surface area (Å²) in [7, 11) is 0. The van der Waals surface area contributed by atoms with E-state index in [4.69, 9.17) is 11.6 Å². The zero-order valence-electron chi connectivity index (χ0n) is 9.73. The Morgan fingerprint density at radius 2 is 1.63 bits per heavy atom. The second kappa shape index (κ2) is 5.57. The van der Waals surface area contributed by atoms with Gasteiger partial charge in [-0.15, -0.1) is 11.6 Å². The molecule has 2 nitrogen and oxygen atoms in total. The predicted molar refractivity (Wildman–Crippen MR) is 65.8 cm³/mol. The minimum absolute atomic E-state index is 0.379. The van der Waals surface area contributed by atoms with Crippen molar-refractivity contribution >= 4 is 11.6 Å². The van der Waals surface area contributed by atoms with Crippen LogP contribution in [0, 0.1) is 0 Å². The predicted octanol–water partition coefficient (Wildman–Crippen LogP) is 4.02. The zero-order valence-corrected chi connectivity index (χ0v) is 10.5. The van der Waals surface area contributed by atoms with Crippen LogP contribution in [0.3, 0.4) is 0 Å². The Hall–Kier alpha value is -1.62. The van der Waals surface area contributed by atoms with Crippen molar-refractivity contribution in [1.29, 1.82) is 0 Å². The summed E-state index contributed by atoms with van der Waals surface area (Å²) in [6, 6.07) is 6.60. The van der Waals surface area contributed by atoms with Gasteiger partial charge in [0, 0.05) is 12.4 Å². The first kappa shape index (κ1) is 13.8. The molecule has 0 amide bonds. The van der Waals surface area contributed by atoms with Crippen molar-refractivity contribution in [2.45, 2.75) is 18.0 Å². The van der Waals surface area contributed by atoms with Crippen LogP contribution in [0.15, 0.2) is 42.7 Å². The van der Waals surface area contributed by atoms with E-state index in [0.717, 1.165) is 12.1 Å². The lowest BCUT2D eigenvalue weighted by atomic mass is 10.1. The van der Waals surface area contributed by atoms with Crippen LogP contribution in [0.1, 0.15) is 22.3 Å². The third-order valence-corrected chi connectivity index (χ3v) is 2.91. The van der Waals surface area contributed by atoms with Gasteiger partial charge >= 0.3 is 6.18 Å². The second-order valence-corrected chi connectivity index (χ2v) is 4.50. The number of aromatic nitrogens is 2. The number of nitrogens with zero attached hydrogens (tertiary/aromatic N) is 2. The summed E-state index contributed by atoms with van der Waals surface area (Å²) in [5, 5.41) is -0.460. The summed E-state index contributed by atoms with van der Waals surface area (Å²) < 4.78 is 37.2. The summed E-state index contributed by atoms with van der Waals surface area (Å²) in [6.45, 7) is 0. The van der Waals surface area contributed by atoms with Crippen molar-refractivity contribution < 1.29 is 13.2 Å². The van der Waals surface area contributed by atoms with E-state index in [0.29, 0.717) is 17.8 Å². The first-order valence-corrected chi connectivity index (χ1v) is 5.97. The Balaban J connectivity index is 2.08. The Labute approximate surface area is 113 Å². The first-order valence-electron chi connectivity index (χ1n) is 5.54. The van der Waals surface area contributed by atoms with Gasteiger partial charge in [-0.25, -0.2) is 9.97 Å². The molecule has 100 valence electrons. The fourth-order valence-electron chi connectivity index (χ4n) is 1.60. The van der Waals surface area contributed by atoms with Crippen LogP contribution >= 0.6 is 11.6 Å². The second-order valence-electron chi connectivity index (χ2n) is 3.97. The van der Waals surface area contributed by atoms with Crippen molar-refractivity contribution in [2.24, 2.45) is 0 Å². The molecule has 0 bridgehead atoms. The Kier molecular flexibility index (Phi) is 4.04. The van der Waals surface area contributed by atoms with E-state index in [2.05, 4.69) is 9.97 Å². The van der Waals surface area contributed by atoms with E-state index in [1.54, 1.807) is 18.5 Å². The average molecular weight is 287 g/mol. The van der Waals surface area contributed by atoms with E-state index in [-0.39, 0.29) is 0 Å². The molecule has 0 aliphatic heterocycles. The summed E-state index contributed by atoms with van der Waals surface area (Å²) in [4.78, 5) is 8.02. The lowest BCUT2D eigenvalue weighted by Gasteiger charge is -2.10. The highest BCUT2D eigenvalue weighted by Gasteiger charge is 2.30.